The van der Waals surface area contributed by atoms with Crippen LogP contribution in [0.15, 0.2) is 63.5 Å². The number of thioether (sulfide) groups is 1. The number of carboxylic acids is 2. The standard InChI is InChI=1S/C32H36N10O10S2/c1-32(2,30(49)50)52-39-24(20-14-54-31(34)38-20)22(44)9-18-27(46)42-25(29(47)48)16(13-53-28(18)42)4-3-7-40-11-19(26(33)37-15-40)36-6-5-35-10-17-8-21(43)23(45)12-41(17)51/h3-4,8,11-12,14-15,18,28,33,35-36,51H,5-7,9-10,13H2,1-2H3,(H5,34,38,45,47,48,49,50)/p+1/b4-3+,39-24-/t18-,28?/m1/s1. The van der Waals surface area contributed by atoms with E-state index in [4.69, 9.17) is 16.3 Å². The lowest BCUT2D eigenvalue weighted by Crippen LogP contribution is -2.62. The number of aromatic nitrogens is 4. The summed E-state index contributed by atoms with van der Waals surface area (Å²) in [5.74, 6) is -4.83. The van der Waals surface area contributed by atoms with E-state index >= 15 is 0 Å². The van der Waals surface area contributed by atoms with E-state index in [0.29, 0.717) is 29.1 Å². The number of hydrogen-bond donors (Lipinski definition) is 8. The van der Waals surface area contributed by atoms with E-state index in [9.17, 15) is 44.5 Å². The van der Waals surface area contributed by atoms with Gasteiger partial charge in [0.05, 0.1) is 23.2 Å². The lowest BCUT2D eigenvalue weighted by Gasteiger charge is -2.49. The molecule has 10 N–H and O–H groups in total. The zero-order valence-corrected chi connectivity index (χ0v) is 30.5. The number of carbonyl (C=O) groups excluding carboxylic acids is 2. The molecule has 1 fully saturated rings. The van der Waals surface area contributed by atoms with E-state index in [1.165, 1.54) is 37.3 Å². The SMILES string of the molecule is CC(C)(O/N=C(\C(=O)C[C@@H]1C(=O)N2C(C(=O)O)=C(/C=C/C[n+]3cnc(N)c(NCCNCc4cc(=O)c(O)cn4O)c3)CSC12)c1csc(N)n1)C(=O)O. The molecule has 2 aliphatic heterocycles. The molecule has 5 rings (SSSR count). The number of aromatic hydroxyl groups is 1. The van der Waals surface area contributed by atoms with Gasteiger partial charge in [0.1, 0.15) is 29.8 Å². The van der Waals surface area contributed by atoms with Crippen LogP contribution in [0.4, 0.5) is 16.6 Å². The quantitative estimate of drug-likeness (QED) is 0.0222. The van der Waals surface area contributed by atoms with Crippen LogP contribution < -0.4 is 32.1 Å². The minimum absolute atomic E-state index is 0.0556. The van der Waals surface area contributed by atoms with Crippen molar-refractivity contribution in [2.45, 2.75) is 44.3 Å². The van der Waals surface area contributed by atoms with Gasteiger partial charge in [-0.2, -0.15) is 4.73 Å². The molecule has 3 aromatic rings. The van der Waals surface area contributed by atoms with Crippen LogP contribution >= 0.6 is 23.1 Å². The molecule has 0 spiro atoms. The van der Waals surface area contributed by atoms with Gasteiger partial charge in [-0.1, -0.05) is 11.2 Å². The summed E-state index contributed by atoms with van der Waals surface area (Å²) in [5, 5.41) is 49.6. The summed E-state index contributed by atoms with van der Waals surface area (Å²) in [7, 11) is 0. The second kappa shape index (κ2) is 16.3. The molecule has 1 unspecified atom stereocenters. The van der Waals surface area contributed by atoms with Crippen LogP contribution in [0.3, 0.4) is 0 Å². The first-order chi connectivity index (χ1) is 25.6. The number of ketones is 1. The third-order valence-corrected chi connectivity index (χ3v) is 10.2. The molecule has 0 bridgehead atoms. The van der Waals surface area contributed by atoms with Crippen LogP contribution in [-0.4, -0.2) is 99.3 Å². The van der Waals surface area contributed by atoms with Gasteiger partial charge in [-0.05, 0) is 30.5 Å². The molecular formula is C32H37N10O10S2+. The molecule has 2 atom stereocenters. The molecule has 286 valence electrons. The van der Waals surface area contributed by atoms with Crippen LogP contribution in [-0.2, 0) is 37.1 Å². The molecule has 1 saturated heterocycles. The molecule has 0 radical (unpaired) electrons. The highest BCUT2D eigenvalue weighted by atomic mass is 32.2. The number of rotatable bonds is 17. The Morgan fingerprint density at radius 2 is 1.98 bits per heavy atom. The average Bonchev–Trinajstić information content (AvgIpc) is 3.55. The maximum absolute atomic E-state index is 13.4. The second-order valence-electron chi connectivity index (χ2n) is 12.5. The van der Waals surface area contributed by atoms with Crippen molar-refractivity contribution in [3.05, 3.63) is 75.2 Å². The first kappa shape index (κ1) is 39.2. The molecule has 3 aromatic heterocycles. The Hall–Kier alpha value is -6.00. The summed E-state index contributed by atoms with van der Waals surface area (Å²) in [6.45, 7) is 3.73. The lowest BCUT2D eigenvalue weighted by atomic mass is 9.89. The number of hydrogen-bond acceptors (Lipinski definition) is 17. The molecule has 2 aliphatic rings. The number of carboxylic acid groups (broad SMARTS) is 2. The van der Waals surface area contributed by atoms with Crippen molar-refractivity contribution in [1.29, 1.82) is 0 Å². The number of amides is 1. The minimum Gasteiger partial charge on any atom is -0.503 e. The van der Waals surface area contributed by atoms with Gasteiger partial charge in [-0.3, -0.25) is 19.3 Å². The number of nitrogens with two attached hydrogens (primary N) is 2. The number of allylic oxidation sites excluding steroid dienone is 2. The smallest absolute Gasteiger partial charge is 0.352 e. The second-order valence-corrected chi connectivity index (χ2v) is 14.5. The summed E-state index contributed by atoms with van der Waals surface area (Å²) in [5.41, 5.74) is 10.1. The topological polar surface area (TPSA) is 302 Å². The molecular weight excluding hydrogens is 749 g/mol. The van der Waals surface area contributed by atoms with Gasteiger partial charge in [-0.15, -0.1) is 23.1 Å². The van der Waals surface area contributed by atoms with Crippen molar-refractivity contribution in [1.82, 2.24) is 24.9 Å². The Bertz CT molecular complexity index is 2130. The van der Waals surface area contributed by atoms with Crippen LogP contribution in [0.5, 0.6) is 5.75 Å². The summed E-state index contributed by atoms with van der Waals surface area (Å²) in [4.78, 5) is 76.9. The van der Waals surface area contributed by atoms with Gasteiger partial charge >= 0.3 is 11.9 Å². The third kappa shape index (κ3) is 8.78. The Labute approximate surface area is 314 Å². The highest BCUT2D eigenvalue weighted by Gasteiger charge is 2.54. The van der Waals surface area contributed by atoms with E-state index in [1.807, 2.05) is 0 Å². The predicted octanol–water partition coefficient (Wildman–Crippen LogP) is -0.0342. The van der Waals surface area contributed by atoms with E-state index in [-0.39, 0.29) is 59.0 Å². The van der Waals surface area contributed by atoms with Gasteiger partial charge in [0.15, 0.2) is 22.4 Å². The van der Waals surface area contributed by atoms with Crippen molar-refractivity contribution >= 4 is 69.1 Å². The van der Waals surface area contributed by atoms with Gasteiger partial charge in [0.2, 0.25) is 16.9 Å². The van der Waals surface area contributed by atoms with Gasteiger partial charge < -0.3 is 47.5 Å². The predicted molar refractivity (Wildman–Crippen MR) is 194 cm³/mol. The lowest BCUT2D eigenvalue weighted by molar-refractivity contribution is -0.689. The van der Waals surface area contributed by atoms with Crippen LogP contribution in [0.25, 0.3) is 0 Å². The Balaban J connectivity index is 1.20. The Morgan fingerprint density at radius 1 is 1.22 bits per heavy atom. The van der Waals surface area contributed by atoms with Gasteiger partial charge in [0, 0.05) is 43.3 Å². The van der Waals surface area contributed by atoms with Crippen molar-refractivity contribution in [3.63, 3.8) is 0 Å². The summed E-state index contributed by atoms with van der Waals surface area (Å²) in [6, 6.07) is 1.12. The normalized spacial score (nSPS) is 17.3. The van der Waals surface area contributed by atoms with Crippen molar-refractivity contribution in [2.75, 3.05) is 35.6 Å². The molecule has 54 heavy (non-hydrogen) atoms. The van der Waals surface area contributed by atoms with Crippen LogP contribution in [0, 0.1) is 5.92 Å². The molecule has 5 heterocycles. The maximum Gasteiger partial charge on any atom is 0.352 e. The van der Waals surface area contributed by atoms with Gasteiger partial charge in [0.25, 0.3) is 12.1 Å². The number of pyridine rings is 1. The number of β-lactam (4-membered cyclic amide) rings is 1. The van der Waals surface area contributed by atoms with E-state index < -0.39 is 51.7 Å². The number of nitrogens with one attached hydrogen (secondary N) is 2. The summed E-state index contributed by atoms with van der Waals surface area (Å²) >= 11 is 2.33. The third-order valence-electron chi connectivity index (χ3n) is 8.19. The van der Waals surface area contributed by atoms with Crippen LogP contribution in [0.1, 0.15) is 31.7 Å². The number of fused-ring (bicyclic) bond motifs is 1. The Morgan fingerprint density at radius 3 is 2.67 bits per heavy atom. The van der Waals surface area contributed by atoms with E-state index in [2.05, 4.69) is 25.8 Å². The monoisotopic (exact) mass is 785 g/mol. The largest absolute Gasteiger partial charge is 0.503 e. The van der Waals surface area contributed by atoms with Crippen LogP contribution in [0.2, 0.25) is 0 Å². The first-order valence-electron chi connectivity index (χ1n) is 16.1. The first-order valence-corrected chi connectivity index (χ1v) is 18.0. The number of nitrogens with zero attached hydrogens (tertiary/aromatic N) is 6. The fourth-order valence-corrected chi connectivity index (χ4v) is 7.18. The molecule has 1 amide bonds. The van der Waals surface area contributed by atoms with Crippen molar-refractivity contribution < 1.29 is 49.1 Å². The van der Waals surface area contributed by atoms with Crippen molar-refractivity contribution in [3.8, 4) is 5.75 Å². The number of aliphatic carboxylic acids is 2. The highest BCUT2D eigenvalue weighted by molar-refractivity contribution is 8.00. The number of anilines is 3. The fraction of sp³-hybridized carbons (Fsp3) is 0.344. The zero-order chi connectivity index (χ0) is 39.3. The highest BCUT2D eigenvalue weighted by Crippen LogP contribution is 2.45. The molecule has 0 aromatic carbocycles. The molecule has 0 saturated carbocycles. The fourth-order valence-electron chi connectivity index (χ4n) is 5.25. The zero-order valence-electron chi connectivity index (χ0n) is 28.8. The molecule has 22 heteroatoms. The molecule has 20 nitrogen and oxygen atoms in total. The van der Waals surface area contributed by atoms with Gasteiger partial charge in [-0.25, -0.2) is 19.1 Å². The number of nitrogen functional groups attached to an aromatic ring is 2. The number of Topliss-reactive ketones (excluding diaryl/α,β-unsaturated/α-hetero) is 1. The Kier molecular flexibility index (Phi) is 11.9. The number of thiazole rings is 1. The minimum atomic E-state index is -1.77. The summed E-state index contributed by atoms with van der Waals surface area (Å²) < 4.78 is 2.37. The van der Waals surface area contributed by atoms with Crippen molar-refractivity contribution in [2.24, 2.45) is 11.1 Å². The maximum atomic E-state index is 13.4. The average molecular weight is 786 g/mol. The summed E-state index contributed by atoms with van der Waals surface area (Å²) in [6.07, 6.45) is 7.09. The number of carbonyl (C=O) groups is 4. The van der Waals surface area contributed by atoms with E-state index in [0.717, 1.165) is 28.5 Å². The number of oxime groups is 1. The van der Waals surface area contributed by atoms with E-state index in [1.54, 1.807) is 22.9 Å². The molecule has 0 aliphatic carbocycles.